The molecule has 4 heteroatoms. The number of rotatable bonds is 4. The van der Waals surface area contributed by atoms with Crippen molar-refractivity contribution in [3.63, 3.8) is 0 Å². The predicted molar refractivity (Wildman–Crippen MR) is 91.3 cm³/mol. The Kier molecular flexibility index (Phi) is 4.61. The van der Waals surface area contributed by atoms with Gasteiger partial charge in [-0.05, 0) is 48.5 Å². The Morgan fingerprint density at radius 2 is 1.32 bits per heavy atom. The van der Waals surface area contributed by atoms with E-state index in [0.717, 1.165) is 14.7 Å². The first kappa shape index (κ1) is 14.9. The van der Waals surface area contributed by atoms with Crippen molar-refractivity contribution in [3.8, 4) is 11.5 Å². The summed E-state index contributed by atoms with van der Waals surface area (Å²) in [5.41, 5.74) is 0. The van der Waals surface area contributed by atoms with E-state index in [0.29, 0.717) is 11.5 Å². The Labute approximate surface area is 137 Å². The first-order chi connectivity index (χ1) is 10.7. The minimum atomic E-state index is -1.18. The lowest BCUT2D eigenvalue weighted by Crippen LogP contribution is -1.92. The summed E-state index contributed by atoms with van der Waals surface area (Å²) in [5.74, 6) is 1.39. The van der Waals surface area contributed by atoms with Crippen molar-refractivity contribution < 1.29 is 8.95 Å². The molecule has 22 heavy (non-hydrogen) atoms. The average molecular weight is 326 g/mol. The van der Waals surface area contributed by atoms with Crippen molar-refractivity contribution >= 4 is 23.4 Å². The lowest BCUT2D eigenvalue weighted by molar-refractivity contribution is 0.471. The number of thiol groups is 1. The number of para-hydroxylation sites is 1. The Hall–Kier alpha value is -2.04. The van der Waals surface area contributed by atoms with Crippen molar-refractivity contribution in [2.24, 2.45) is 0 Å². The van der Waals surface area contributed by atoms with E-state index in [1.54, 1.807) is 0 Å². The monoisotopic (exact) mass is 326 g/mol. The number of benzene rings is 3. The molecule has 3 aromatic carbocycles. The highest BCUT2D eigenvalue weighted by molar-refractivity contribution is 7.85. The summed E-state index contributed by atoms with van der Waals surface area (Å²) in [6.07, 6.45) is 0. The topological polar surface area (TPSA) is 26.3 Å². The first-order valence-corrected chi connectivity index (χ1v) is 8.36. The van der Waals surface area contributed by atoms with Crippen LogP contribution in [0.2, 0.25) is 0 Å². The predicted octanol–water partition coefficient (Wildman–Crippen LogP) is 4.93. The van der Waals surface area contributed by atoms with Gasteiger partial charge in [-0.15, -0.1) is 12.6 Å². The molecule has 0 aromatic heterocycles. The molecular formula is C18H14O2S2. The van der Waals surface area contributed by atoms with Gasteiger partial charge in [0.05, 0.1) is 10.8 Å². The molecule has 0 aliphatic heterocycles. The van der Waals surface area contributed by atoms with Crippen LogP contribution in [-0.2, 0) is 10.8 Å². The Bertz CT molecular complexity index is 784. The molecule has 0 heterocycles. The van der Waals surface area contributed by atoms with Gasteiger partial charge in [0.15, 0.2) is 0 Å². The smallest absolute Gasteiger partial charge is 0.140 e. The Morgan fingerprint density at radius 1 is 0.727 bits per heavy atom. The van der Waals surface area contributed by atoms with Crippen LogP contribution in [0.1, 0.15) is 0 Å². The van der Waals surface area contributed by atoms with Crippen LogP contribution in [0.25, 0.3) is 0 Å². The minimum absolute atomic E-state index is 0.690. The molecule has 110 valence electrons. The molecular weight excluding hydrogens is 312 g/mol. The van der Waals surface area contributed by atoms with Crippen LogP contribution in [0.5, 0.6) is 11.5 Å². The molecule has 0 N–H and O–H groups in total. The second-order valence-corrected chi connectivity index (χ2v) is 6.59. The first-order valence-electron chi connectivity index (χ1n) is 6.77. The lowest BCUT2D eigenvalue weighted by atomic mass is 10.3. The number of ether oxygens (including phenoxy) is 1. The second-order valence-electron chi connectivity index (χ2n) is 4.62. The maximum absolute atomic E-state index is 12.4. The summed E-state index contributed by atoms with van der Waals surface area (Å²) < 4.78 is 18.2. The van der Waals surface area contributed by atoms with E-state index in [1.807, 2.05) is 78.9 Å². The SMILES string of the molecule is O=S(c1ccccc1)c1ccc(Oc2ccccc2S)cc1. The van der Waals surface area contributed by atoms with Crippen LogP contribution in [0.15, 0.2) is 93.5 Å². The van der Waals surface area contributed by atoms with Crippen molar-refractivity contribution in [2.75, 3.05) is 0 Å². The van der Waals surface area contributed by atoms with Gasteiger partial charge in [-0.3, -0.25) is 0 Å². The Balaban J connectivity index is 1.79. The fourth-order valence-corrected chi connectivity index (χ4v) is 3.25. The summed E-state index contributed by atoms with van der Waals surface area (Å²) in [6.45, 7) is 0. The van der Waals surface area contributed by atoms with Gasteiger partial charge in [0, 0.05) is 14.7 Å². The lowest BCUT2D eigenvalue weighted by Gasteiger charge is -2.08. The molecule has 3 aromatic rings. The van der Waals surface area contributed by atoms with Crippen molar-refractivity contribution in [2.45, 2.75) is 14.7 Å². The molecule has 0 saturated heterocycles. The maximum atomic E-state index is 12.4. The molecule has 0 aliphatic carbocycles. The van der Waals surface area contributed by atoms with E-state index < -0.39 is 10.8 Å². The molecule has 0 saturated carbocycles. The highest BCUT2D eigenvalue weighted by atomic mass is 32.2. The molecule has 0 aliphatic rings. The van der Waals surface area contributed by atoms with Crippen molar-refractivity contribution in [3.05, 3.63) is 78.9 Å². The van der Waals surface area contributed by atoms with Crippen LogP contribution in [-0.4, -0.2) is 4.21 Å². The van der Waals surface area contributed by atoms with Crippen LogP contribution < -0.4 is 4.74 Å². The third kappa shape index (κ3) is 3.40. The van der Waals surface area contributed by atoms with E-state index in [1.165, 1.54) is 0 Å². The van der Waals surface area contributed by atoms with Crippen molar-refractivity contribution in [1.82, 2.24) is 0 Å². The van der Waals surface area contributed by atoms with Gasteiger partial charge in [-0.1, -0.05) is 30.3 Å². The normalized spacial score (nSPS) is 11.9. The highest BCUT2D eigenvalue weighted by Gasteiger charge is 2.07. The summed E-state index contributed by atoms with van der Waals surface area (Å²) in [5, 5.41) is 0. The van der Waals surface area contributed by atoms with E-state index in [9.17, 15) is 4.21 Å². The molecule has 0 spiro atoms. The molecule has 0 radical (unpaired) electrons. The van der Waals surface area contributed by atoms with Gasteiger partial charge >= 0.3 is 0 Å². The molecule has 2 nitrogen and oxygen atoms in total. The molecule has 1 unspecified atom stereocenters. The third-order valence-corrected chi connectivity index (χ3v) is 4.86. The molecule has 0 amide bonds. The number of hydrogen-bond acceptors (Lipinski definition) is 3. The van der Waals surface area contributed by atoms with Gasteiger partial charge in [0.25, 0.3) is 0 Å². The summed E-state index contributed by atoms with van der Waals surface area (Å²) in [4.78, 5) is 2.31. The van der Waals surface area contributed by atoms with Crippen molar-refractivity contribution in [1.29, 1.82) is 0 Å². The standard InChI is InChI=1S/C18H14O2S2/c19-22(15-6-2-1-3-7-15)16-12-10-14(11-13-16)20-17-8-4-5-9-18(17)21/h1-13,21H. The maximum Gasteiger partial charge on any atom is 0.140 e. The zero-order valence-corrected chi connectivity index (χ0v) is 13.4. The summed E-state index contributed by atoms with van der Waals surface area (Å²) >= 11 is 4.36. The zero-order valence-electron chi connectivity index (χ0n) is 11.7. The van der Waals surface area contributed by atoms with Crippen LogP contribution >= 0.6 is 12.6 Å². The van der Waals surface area contributed by atoms with E-state index >= 15 is 0 Å². The third-order valence-electron chi connectivity index (χ3n) is 3.09. The van der Waals surface area contributed by atoms with E-state index in [4.69, 9.17) is 4.74 Å². The highest BCUT2D eigenvalue weighted by Crippen LogP contribution is 2.28. The molecule has 3 rings (SSSR count). The quantitative estimate of drug-likeness (QED) is 0.688. The molecule has 0 bridgehead atoms. The second kappa shape index (κ2) is 6.81. The van der Waals surface area contributed by atoms with Gasteiger partial charge in [-0.25, -0.2) is 4.21 Å². The van der Waals surface area contributed by atoms with Crippen LogP contribution in [0.3, 0.4) is 0 Å². The van der Waals surface area contributed by atoms with Crippen LogP contribution in [0, 0.1) is 0 Å². The van der Waals surface area contributed by atoms with E-state index in [-0.39, 0.29) is 0 Å². The average Bonchev–Trinajstić information content (AvgIpc) is 2.58. The Morgan fingerprint density at radius 3 is 2.00 bits per heavy atom. The van der Waals surface area contributed by atoms with Crippen LogP contribution in [0.4, 0.5) is 0 Å². The summed E-state index contributed by atoms with van der Waals surface area (Å²) in [6, 6.07) is 24.2. The molecule has 0 fully saturated rings. The van der Waals surface area contributed by atoms with Gasteiger partial charge in [-0.2, -0.15) is 0 Å². The minimum Gasteiger partial charge on any atom is -0.456 e. The summed E-state index contributed by atoms with van der Waals surface area (Å²) in [7, 11) is -1.18. The fraction of sp³-hybridized carbons (Fsp3) is 0. The fourth-order valence-electron chi connectivity index (χ4n) is 1.98. The van der Waals surface area contributed by atoms with E-state index in [2.05, 4.69) is 12.6 Å². The van der Waals surface area contributed by atoms with Gasteiger partial charge in [0.1, 0.15) is 11.5 Å². The zero-order chi connectivity index (χ0) is 15.4. The molecule has 1 atom stereocenters. The van der Waals surface area contributed by atoms with Gasteiger partial charge < -0.3 is 4.74 Å². The number of hydrogen-bond donors (Lipinski definition) is 1. The van der Waals surface area contributed by atoms with Gasteiger partial charge in [0.2, 0.25) is 0 Å². The largest absolute Gasteiger partial charge is 0.456 e.